The third-order valence-corrected chi connectivity index (χ3v) is 4.93. The molecule has 120 valence electrons. The summed E-state index contributed by atoms with van der Waals surface area (Å²) < 4.78 is 5.68. The number of rotatable bonds is 3. The molecule has 23 heavy (non-hydrogen) atoms. The Balaban J connectivity index is 1.30. The van der Waals surface area contributed by atoms with Crippen molar-refractivity contribution in [3.05, 3.63) is 42.1 Å². The van der Waals surface area contributed by atoms with Gasteiger partial charge in [0.25, 0.3) is 0 Å². The van der Waals surface area contributed by atoms with Crippen molar-refractivity contribution in [1.29, 1.82) is 0 Å². The van der Waals surface area contributed by atoms with Gasteiger partial charge in [-0.3, -0.25) is 4.98 Å². The van der Waals surface area contributed by atoms with Crippen molar-refractivity contribution in [3.8, 4) is 0 Å². The maximum atomic E-state index is 12.1. The van der Waals surface area contributed by atoms with Crippen LogP contribution in [0.25, 0.3) is 10.9 Å². The number of carbonyl (C=O) groups excluding carboxylic acids is 1. The summed E-state index contributed by atoms with van der Waals surface area (Å²) in [6, 6.07) is 10.2. The fourth-order valence-electron chi connectivity index (χ4n) is 3.60. The Hall–Kier alpha value is -2.14. The molecule has 0 unspecified atom stereocenters. The third kappa shape index (κ3) is 3.01. The highest BCUT2D eigenvalue weighted by atomic mass is 16.5. The average Bonchev–Trinajstić information content (AvgIpc) is 2.58. The minimum absolute atomic E-state index is 0.0923. The van der Waals surface area contributed by atoms with E-state index in [1.807, 2.05) is 24.3 Å². The monoisotopic (exact) mass is 311 g/mol. The molecule has 2 heterocycles. The maximum absolute atomic E-state index is 12.1. The molecule has 0 bridgehead atoms. The molecule has 1 aromatic carbocycles. The number of nitrogens with one attached hydrogen (secondary N) is 2. The van der Waals surface area contributed by atoms with E-state index in [2.05, 4.69) is 21.7 Å². The van der Waals surface area contributed by atoms with Gasteiger partial charge in [0, 0.05) is 36.7 Å². The molecular formula is C18H21N3O2. The Bertz CT molecular complexity index is 718. The van der Waals surface area contributed by atoms with E-state index in [0.29, 0.717) is 18.6 Å². The van der Waals surface area contributed by atoms with Gasteiger partial charge in [-0.15, -0.1) is 0 Å². The van der Waals surface area contributed by atoms with Crippen molar-refractivity contribution >= 4 is 16.9 Å². The van der Waals surface area contributed by atoms with Gasteiger partial charge in [0.15, 0.2) is 0 Å². The standard InChI is InChI=1S/C18H21N3O2/c22-18(21-16-10-17-14(16)4-2-8-23-17)20-11-12-5-6-15-13(9-12)3-1-7-19-15/h1,3,5-7,9,14,16-17H,2,4,8,10-11H2,(H2,20,21,22)/t14-,16-,17-/m1/s1. The smallest absolute Gasteiger partial charge is 0.315 e. The summed E-state index contributed by atoms with van der Waals surface area (Å²) >= 11 is 0. The maximum Gasteiger partial charge on any atom is 0.315 e. The Labute approximate surface area is 135 Å². The number of pyridine rings is 1. The molecule has 0 spiro atoms. The SMILES string of the molecule is O=C(NCc1ccc2ncccc2c1)N[C@@H]1C[C@H]2OCCC[C@H]12. The van der Waals surface area contributed by atoms with Crippen molar-refractivity contribution in [3.63, 3.8) is 0 Å². The van der Waals surface area contributed by atoms with E-state index in [4.69, 9.17) is 4.74 Å². The zero-order valence-corrected chi connectivity index (χ0v) is 13.0. The highest BCUT2D eigenvalue weighted by Crippen LogP contribution is 2.37. The second kappa shape index (κ2) is 6.16. The first kappa shape index (κ1) is 14.5. The molecule has 2 aromatic rings. The summed E-state index contributed by atoms with van der Waals surface area (Å²) in [7, 11) is 0. The zero-order valence-electron chi connectivity index (χ0n) is 13.0. The van der Waals surface area contributed by atoms with Gasteiger partial charge in [-0.1, -0.05) is 12.1 Å². The normalized spacial score (nSPS) is 26.2. The first-order valence-electron chi connectivity index (χ1n) is 8.29. The van der Waals surface area contributed by atoms with Crippen LogP contribution in [0.4, 0.5) is 4.79 Å². The number of nitrogens with zero attached hydrogens (tertiary/aromatic N) is 1. The van der Waals surface area contributed by atoms with Crippen molar-refractivity contribution in [2.45, 2.75) is 38.0 Å². The predicted octanol–water partition coefficient (Wildman–Crippen LogP) is 2.60. The van der Waals surface area contributed by atoms with Gasteiger partial charge in [-0.2, -0.15) is 0 Å². The van der Waals surface area contributed by atoms with Crippen LogP contribution in [0.15, 0.2) is 36.5 Å². The topological polar surface area (TPSA) is 63.2 Å². The summed E-state index contributed by atoms with van der Waals surface area (Å²) in [5.74, 6) is 0.501. The van der Waals surface area contributed by atoms with Gasteiger partial charge >= 0.3 is 6.03 Å². The molecule has 5 heteroatoms. The summed E-state index contributed by atoms with van der Waals surface area (Å²) in [5, 5.41) is 7.12. The van der Waals surface area contributed by atoms with Gasteiger partial charge in [0.1, 0.15) is 0 Å². The van der Waals surface area contributed by atoms with E-state index in [1.54, 1.807) is 6.20 Å². The number of hydrogen-bond donors (Lipinski definition) is 2. The van der Waals surface area contributed by atoms with Gasteiger partial charge < -0.3 is 15.4 Å². The molecule has 1 saturated carbocycles. The van der Waals surface area contributed by atoms with Crippen LogP contribution in [-0.2, 0) is 11.3 Å². The lowest BCUT2D eigenvalue weighted by Crippen LogP contribution is -2.59. The van der Waals surface area contributed by atoms with E-state index in [0.717, 1.165) is 42.3 Å². The van der Waals surface area contributed by atoms with Gasteiger partial charge in [-0.05, 0) is 43.0 Å². The van der Waals surface area contributed by atoms with Crippen LogP contribution in [0, 0.1) is 5.92 Å². The van der Waals surface area contributed by atoms with Gasteiger partial charge in [0.2, 0.25) is 0 Å². The summed E-state index contributed by atoms with van der Waals surface area (Å²) in [4.78, 5) is 16.4. The fraction of sp³-hybridized carbons (Fsp3) is 0.444. The number of aromatic nitrogens is 1. The van der Waals surface area contributed by atoms with Crippen LogP contribution in [0.5, 0.6) is 0 Å². The number of urea groups is 1. The molecule has 1 saturated heterocycles. The van der Waals surface area contributed by atoms with Crippen LogP contribution in [-0.4, -0.2) is 29.8 Å². The molecule has 1 aliphatic heterocycles. The Morgan fingerprint density at radius 2 is 2.30 bits per heavy atom. The number of carbonyl (C=O) groups is 1. The van der Waals surface area contributed by atoms with E-state index >= 15 is 0 Å². The van der Waals surface area contributed by atoms with E-state index < -0.39 is 0 Å². The predicted molar refractivity (Wildman–Crippen MR) is 88.0 cm³/mol. The lowest BCUT2D eigenvalue weighted by molar-refractivity contribution is -0.0999. The fourth-order valence-corrected chi connectivity index (χ4v) is 3.60. The van der Waals surface area contributed by atoms with Crippen LogP contribution in [0.2, 0.25) is 0 Å². The Kier molecular flexibility index (Phi) is 3.87. The van der Waals surface area contributed by atoms with E-state index in [-0.39, 0.29) is 12.1 Å². The van der Waals surface area contributed by atoms with Crippen LogP contribution < -0.4 is 10.6 Å². The average molecular weight is 311 g/mol. The Morgan fingerprint density at radius 3 is 3.22 bits per heavy atom. The minimum atomic E-state index is -0.0923. The van der Waals surface area contributed by atoms with Crippen molar-refractivity contribution in [2.24, 2.45) is 5.92 Å². The molecule has 3 atom stereocenters. The van der Waals surface area contributed by atoms with Gasteiger partial charge in [0.05, 0.1) is 11.6 Å². The molecule has 1 aromatic heterocycles. The molecule has 2 amide bonds. The van der Waals surface area contributed by atoms with E-state index in [1.165, 1.54) is 0 Å². The minimum Gasteiger partial charge on any atom is -0.378 e. The molecule has 2 aliphatic rings. The summed E-state index contributed by atoms with van der Waals surface area (Å²) in [6.45, 7) is 1.39. The number of fused-ring (bicyclic) bond motifs is 2. The second-order valence-electron chi connectivity index (χ2n) is 6.41. The zero-order chi connectivity index (χ0) is 15.6. The van der Waals surface area contributed by atoms with Crippen LogP contribution >= 0.6 is 0 Å². The highest BCUT2D eigenvalue weighted by molar-refractivity contribution is 5.79. The van der Waals surface area contributed by atoms with Crippen molar-refractivity contribution < 1.29 is 9.53 Å². The third-order valence-electron chi connectivity index (χ3n) is 4.93. The lowest BCUT2D eigenvalue weighted by Gasteiger charge is -2.47. The van der Waals surface area contributed by atoms with E-state index in [9.17, 15) is 4.79 Å². The number of amides is 2. The molecule has 5 nitrogen and oxygen atoms in total. The highest BCUT2D eigenvalue weighted by Gasteiger charge is 2.43. The molecular weight excluding hydrogens is 290 g/mol. The molecule has 4 rings (SSSR count). The molecule has 2 fully saturated rings. The van der Waals surface area contributed by atoms with Crippen LogP contribution in [0.3, 0.4) is 0 Å². The van der Waals surface area contributed by atoms with Crippen molar-refractivity contribution in [1.82, 2.24) is 15.6 Å². The largest absolute Gasteiger partial charge is 0.378 e. The van der Waals surface area contributed by atoms with Crippen molar-refractivity contribution in [2.75, 3.05) is 6.61 Å². The molecule has 0 radical (unpaired) electrons. The number of hydrogen-bond acceptors (Lipinski definition) is 3. The Morgan fingerprint density at radius 1 is 1.35 bits per heavy atom. The van der Waals surface area contributed by atoms with Gasteiger partial charge in [-0.25, -0.2) is 4.79 Å². The number of ether oxygens (including phenoxy) is 1. The molecule has 2 N–H and O–H groups in total. The quantitative estimate of drug-likeness (QED) is 0.916. The summed E-state index contributed by atoms with van der Waals surface area (Å²) in [6.07, 6.45) is 5.36. The second-order valence-corrected chi connectivity index (χ2v) is 6.41. The lowest BCUT2D eigenvalue weighted by atomic mass is 9.72. The first-order valence-corrected chi connectivity index (χ1v) is 8.29. The first-order chi connectivity index (χ1) is 11.3. The summed E-state index contributed by atoms with van der Waals surface area (Å²) in [5.41, 5.74) is 2.05. The van der Waals surface area contributed by atoms with Crippen LogP contribution in [0.1, 0.15) is 24.8 Å². The number of benzene rings is 1. The molecule has 1 aliphatic carbocycles.